The zero-order valence-corrected chi connectivity index (χ0v) is 22.6. The van der Waals surface area contributed by atoms with E-state index >= 15 is 4.39 Å². The van der Waals surface area contributed by atoms with Gasteiger partial charge in [-0.25, -0.2) is 13.8 Å². The van der Waals surface area contributed by atoms with Gasteiger partial charge in [-0.3, -0.25) is 14.7 Å². The first kappa shape index (κ1) is 27.2. The molecule has 12 heteroatoms. The lowest BCUT2D eigenvalue weighted by molar-refractivity contribution is 0.0981. The van der Waals surface area contributed by atoms with E-state index < -0.39 is 23.0 Å². The van der Waals surface area contributed by atoms with Crippen LogP contribution in [0.2, 0.25) is 0 Å². The number of fused-ring (bicyclic) bond motifs is 1. The standard InChI is InChI=1S/C30H26F2N6O4/c1-41-17-30(11-2-12-30)35-28-26-25(10-13-33-27(26)36-37-28)42-24-8-3-18(15-22(24)32)16-23(39)21-9-14-34-38(29(21)40)20-6-4-19(31)5-7-20/h3-10,13-15H,2,11-12,16-17H2,1H3,(H2,33,35,36,37). The van der Waals surface area contributed by atoms with Crippen molar-refractivity contribution in [3.05, 3.63) is 100 Å². The Balaban J connectivity index is 1.22. The van der Waals surface area contributed by atoms with Crippen molar-refractivity contribution in [1.29, 1.82) is 0 Å². The highest BCUT2D eigenvalue weighted by Crippen LogP contribution is 2.39. The summed E-state index contributed by atoms with van der Waals surface area (Å²) >= 11 is 0. The molecule has 3 heterocycles. The first-order valence-corrected chi connectivity index (χ1v) is 13.3. The van der Waals surface area contributed by atoms with E-state index in [4.69, 9.17) is 9.47 Å². The van der Waals surface area contributed by atoms with Crippen LogP contribution in [0.5, 0.6) is 11.5 Å². The average Bonchev–Trinajstić information content (AvgIpc) is 3.37. The van der Waals surface area contributed by atoms with E-state index in [1.165, 1.54) is 54.9 Å². The predicted molar refractivity (Wildman–Crippen MR) is 150 cm³/mol. The molecule has 10 nitrogen and oxygen atoms in total. The van der Waals surface area contributed by atoms with Gasteiger partial charge in [-0.15, -0.1) is 0 Å². The predicted octanol–water partition coefficient (Wildman–Crippen LogP) is 4.98. The zero-order valence-electron chi connectivity index (χ0n) is 22.6. The molecule has 0 saturated heterocycles. The number of ether oxygens (including phenoxy) is 2. The number of aromatic nitrogens is 5. The van der Waals surface area contributed by atoms with E-state index in [1.54, 1.807) is 19.2 Å². The fourth-order valence-electron chi connectivity index (χ4n) is 5.06. The highest BCUT2D eigenvalue weighted by atomic mass is 19.1. The van der Waals surface area contributed by atoms with Crippen molar-refractivity contribution in [2.45, 2.75) is 31.2 Å². The van der Waals surface area contributed by atoms with E-state index in [0.717, 1.165) is 23.9 Å². The van der Waals surface area contributed by atoms with Crippen molar-refractivity contribution in [1.82, 2.24) is 25.0 Å². The van der Waals surface area contributed by atoms with Crippen LogP contribution in [0.25, 0.3) is 16.7 Å². The summed E-state index contributed by atoms with van der Waals surface area (Å²) in [6.45, 7) is 0.520. The van der Waals surface area contributed by atoms with Crippen molar-refractivity contribution in [3.8, 4) is 17.2 Å². The number of H-pyrrole nitrogens is 1. The summed E-state index contributed by atoms with van der Waals surface area (Å²) in [4.78, 5) is 30.3. The van der Waals surface area contributed by atoms with Crippen LogP contribution in [0.3, 0.4) is 0 Å². The van der Waals surface area contributed by atoms with Gasteiger partial charge in [0, 0.05) is 32.0 Å². The summed E-state index contributed by atoms with van der Waals surface area (Å²) in [5.74, 6) is -0.828. The van der Waals surface area contributed by atoms with Gasteiger partial charge in [-0.2, -0.15) is 14.9 Å². The molecule has 1 saturated carbocycles. The molecule has 0 spiro atoms. The number of carbonyl (C=O) groups is 1. The summed E-state index contributed by atoms with van der Waals surface area (Å²) in [5.41, 5.74) is 0.133. The molecule has 0 atom stereocenters. The Morgan fingerprint density at radius 2 is 1.88 bits per heavy atom. The van der Waals surface area contributed by atoms with Crippen molar-refractivity contribution in [2.75, 3.05) is 19.0 Å². The molecule has 1 fully saturated rings. The number of pyridine rings is 1. The van der Waals surface area contributed by atoms with Gasteiger partial charge < -0.3 is 14.8 Å². The average molecular weight is 573 g/mol. The molecule has 3 aromatic heterocycles. The Morgan fingerprint density at radius 1 is 1.07 bits per heavy atom. The first-order valence-electron chi connectivity index (χ1n) is 13.3. The second-order valence-corrected chi connectivity index (χ2v) is 10.2. The molecule has 6 rings (SSSR count). The number of carbonyl (C=O) groups excluding carboxylic acids is 1. The van der Waals surface area contributed by atoms with Crippen LogP contribution in [-0.4, -0.2) is 50.0 Å². The molecule has 1 aliphatic rings. The van der Waals surface area contributed by atoms with Gasteiger partial charge in [0.2, 0.25) is 0 Å². The normalized spacial score (nSPS) is 14.0. The molecule has 42 heavy (non-hydrogen) atoms. The van der Waals surface area contributed by atoms with Crippen molar-refractivity contribution < 1.29 is 23.0 Å². The fourth-order valence-corrected chi connectivity index (χ4v) is 5.06. The van der Waals surface area contributed by atoms with Gasteiger partial charge in [0.05, 0.1) is 23.4 Å². The van der Waals surface area contributed by atoms with Crippen LogP contribution in [0, 0.1) is 11.6 Å². The van der Waals surface area contributed by atoms with Gasteiger partial charge >= 0.3 is 0 Å². The van der Waals surface area contributed by atoms with E-state index in [1.807, 2.05) is 0 Å². The molecule has 2 aromatic carbocycles. The van der Waals surface area contributed by atoms with Gasteiger partial charge in [0.1, 0.15) is 17.0 Å². The Labute approximate surface area is 238 Å². The molecule has 0 amide bonds. The molecule has 0 radical (unpaired) electrons. The number of anilines is 1. The quantitative estimate of drug-likeness (QED) is 0.225. The summed E-state index contributed by atoms with van der Waals surface area (Å²) in [5, 5.41) is 15.3. The van der Waals surface area contributed by atoms with Crippen LogP contribution in [0.15, 0.2) is 71.8 Å². The van der Waals surface area contributed by atoms with Crippen LogP contribution in [0.4, 0.5) is 14.6 Å². The van der Waals surface area contributed by atoms with E-state index in [9.17, 15) is 14.0 Å². The molecular weight excluding hydrogens is 546 g/mol. The molecule has 0 aliphatic heterocycles. The van der Waals surface area contributed by atoms with E-state index in [2.05, 4.69) is 25.6 Å². The molecule has 1 aliphatic carbocycles. The van der Waals surface area contributed by atoms with Gasteiger partial charge in [0.25, 0.3) is 5.56 Å². The minimum Gasteiger partial charge on any atom is -0.453 e. The minimum absolute atomic E-state index is 0.0522. The Kier molecular flexibility index (Phi) is 7.21. The molecule has 0 unspecified atom stereocenters. The van der Waals surface area contributed by atoms with Crippen molar-refractivity contribution in [3.63, 3.8) is 0 Å². The Bertz CT molecular complexity index is 1830. The lowest BCUT2D eigenvalue weighted by atomic mass is 9.77. The third kappa shape index (κ3) is 5.23. The number of rotatable bonds is 10. The number of nitrogens with one attached hydrogen (secondary N) is 2. The van der Waals surface area contributed by atoms with Gasteiger partial charge in [-0.05, 0) is 67.3 Å². The molecule has 214 valence electrons. The van der Waals surface area contributed by atoms with Crippen LogP contribution in [-0.2, 0) is 11.2 Å². The zero-order chi connectivity index (χ0) is 29.3. The number of halogens is 2. The third-order valence-corrected chi connectivity index (χ3v) is 7.34. The van der Waals surface area contributed by atoms with E-state index in [-0.39, 0.29) is 23.3 Å². The lowest BCUT2D eigenvalue weighted by Gasteiger charge is -2.42. The molecule has 0 bridgehead atoms. The van der Waals surface area contributed by atoms with Crippen molar-refractivity contribution in [2.24, 2.45) is 0 Å². The summed E-state index contributed by atoms with van der Waals surface area (Å²) in [7, 11) is 1.65. The fraction of sp³-hybridized carbons (Fsp3) is 0.233. The maximum Gasteiger partial charge on any atom is 0.282 e. The third-order valence-electron chi connectivity index (χ3n) is 7.34. The number of hydrogen-bond acceptors (Lipinski definition) is 8. The number of ketones is 1. The van der Waals surface area contributed by atoms with Crippen LogP contribution in [0.1, 0.15) is 35.2 Å². The highest BCUT2D eigenvalue weighted by Gasteiger charge is 2.38. The molecule has 2 N–H and O–H groups in total. The highest BCUT2D eigenvalue weighted by molar-refractivity contribution is 5.97. The topological polar surface area (TPSA) is 124 Å². The number of Topliss-reactive ketones (excluding diaryl/α,β-unsaturated/α-hetero) is 1. The number of methoxy groups -OCH3 is 1. The first-order chi connectivity index (χ1) is 20.4. The van der Waals surface area contributed by atoms with E-state index in [0.29, 0.717) is 40.5 Å². The van der Waals surface area contributed by atoms with Crippen molar-refractivity contribution >= 4 is 22.6 Å². The number of aromatic amines is 1. The molecule has 5 aromatic rings. The minimum atomic E-state index is -0.684. The summed E-state index contributed by atoms with van der Waals surface area (Å²) < 4.78 is 40.9. The maximum atomic E-state index is 15.2. The molecular formula is C30H26F2N6O4. The lowest BCUT2D eigenvalue weighted by Crippen LogP contribution is -2.49. The van der Waals surface area contributed by atoms with Gasteiger partial charge in [0.15, 0.2) is 28.8 Å². The van der Waals surface area contributed by atoms with Crippen LogP contribution >= 0.6 is 0 Å². The maximum absolute atomic E-state index is 15.2. The monoisotopic (exact) mass is 572 g/mol. The second-order valence-electron chi connectivity index (χ2n) is 10.2. The second kappa shape index (κ2) is 11.1. The smallest absolute Gasteiger partial charge is 0.282 e. The Morgan fingerprint density at radius 3 is 2.60 bits per heavy atom. The number of benzene rings is 2. The summed E-state index contributed by atoms with van der Waals surface area (Å²) in [6, 6.07) is 12.3. The SMILES string of the molecule is COCC1(Nc2n[nH]c3nccc(Oc4ccc(CC(=O)c5ccnn(-c6ccc(F)cc6)c5=O)cc4F)c23)CCC1. The number of hydrogen-bond donors (Lipinski definition) is 2. The summed E-state index contributed by atoms with van der Waals surface area (Å²) in [6.07, 6.45) is 5.56. The largest absolute Gasteiger partial charge is 0.453 e. The number of nitrogens with zero attached hydrogens (tertiary/aromatic N) is 4. The van der Waals surface area contributed by atoms with Crippen LogP contribution < -0.4 is 15.6 Å². The van der Waals surface area contributed by atoms with Gasteiger partial charge in [-0.1, -0.05) is 6.07 Å². The Hall–Kier alpha value is -4.97.